The monoisotopic (exact) mass is 461 g/mol. The predicted molar refractivity (Wildman–Crippen MR) is 132 cm³/mol. The van der Waals surface area contributed by atoms with Crippen molar-refractivity contribution in [1.29, 1.82) is 0 Å². The Balaban J connectivity index is 1.41. The summed E-state index contributed by atoms with van der Waals surface area (Å²) in [6.45, 7) is 2.43. The highest BCUT2D eigenvalue weighted by atomic mass is 16.5. The maximum absolute atomic E-state index is 11.6. The molecule has 34 heavy (non-hydrogen) atoms. The number of rotatable bonds is 9. The van der Waals surface area contributed by atoms with Crippen molar-refractivity contribution < 1.29 is 18.7 Å². The molecule has 0 fully saturated rings. The summed E-state index contributed by atoms with van der Waals surface area (Å²) in [5.74, 6) is 2.95. The Bertz CT molecular complexity index is 1180. The van der Waals surface area contributed by atoms with Crippen molar-refractivity contribution in [2.45, 2.75) is 39.0 Å². The first kappa shape index (κ1) is 23.5. The summed E-state index contributed by atoms with van der Waals surface area (Å²) in [6.07, 6.45) is 7.57. The minimum Gasteiger partial charge on any atom is -0.493 e. The minimum absolute atomic E-state index is 0.188. The number of oxazole rings is 1. The van der Waals surface area contributed by atoms with Crippen LogP contribution in [0.4, 0.5) is 5.82 Å². The zero-order valence-corrected chi connectivity index (χ0v) is 20.3. The first-order chi connectivity index (χ1) is 16.5. The molecule has 1 aromatic carbocycles. The molecule has 0 saturated carbocycles. The Morgan fingerprint density at radius 1 is 1.18 bits per heavy atom. The van der Waals surface area contributed by atoms with Gasteiger partial charge in [0.15, 0.2) is 0 Å². The van der Waals surface area contributed by atoms with Crippen LogP contribution in [0.2, 0.25) is 0 Å². The molecule has 0 spiro atoms. The van der Waals surface area contributed by atoms with E-state index in [1.165, 1.54) is 23.8 Å². The Hall–Kier alpha value is -3.61. The lowest BCUT2D eigenvalue weighted by molar-refractivity contribution is -0.140. The van der Waals surface area contributed by atoms with Crippen LogP contribution in [-0.2, 0) is 22.4 Å². The molecule has 2 aromatic heterocycles. The predicted octanol–water partition coefficient (Wildman–Crippen LogP) is 5.02. The van der Waals surface area contributed by atoms with Gasteiger partial charge in [-0.2, -0.15) is 0 Å². The number of ether oxygens (including phenoxy) is 2. The Morgan fingerprint density at radius 3 is 2.76 bits per heavy atom. The number of aromatic nitrogens is 2. The van der Waals surface area contributed by atoms with Crippen LogP contribution < -0.4 is 9.64 Å². The Morgan fingerprint density at radius 2 is 2.03 bits per heavy atom. The first-order valence-electron chi connectivity index (χ1n) is 11.6. The fourth-order valence-electron chi connectivity index (χ4n) is 4.15. The zero-order chi connectivity index (χ0) is 24.1. The Labute approximate surface area is 200 Å². The van der Waals surface area contributed by atoms with Gasteiger partial charge in [0.25, 0.3) is 0 Å². The van der Waals surface area contributed by atoms with Crippen LogP contribution in [0.3, 0.4) is 0 Å². The highest BCUT2D eigenvalue weighted by molar-refractivity contribution is 5.77. The number of hydrogen-bond acceptors (Lipinski definition) is 7. The highest BCUT2D eigenvalue weighted by Gasteiger charge is 2.18. The standard InChI is InChI=1S/C27H31N3O4/c1-18-23(29-27(34-18)20-11-13-25(28-17-20)30(2)3)15-16-33-24-10-6-8-21-19(7-5-9-22(21)24)12-14-26(31)32-4/h6-8,10-11,13,17H,5,9,12,14-16H2,1-4H3. The van der Waals surface area contributed by atoms with Crippen LogP contribution in [0.1, 0.15) is 41.8 Å². The van der Waals surface area contributed by atoms with Gasteiger partial charge in [-0.05, 0) is 55.5 Å². The topological polar surface area (TPSA) is 77.7 Å². The van der Waals surface area contributed by atoms with Crippen molar-refractivity contribution in [1.82, 2.24) is 9.97 Å². The molecule has 0 amide bonds. The Kier molecular flexibility index (Phi) is 7.30. The number of aryl methyl sites for hydroxylation is 1. The van der Waals surface area contributed by atoms with Crippen LogP contribution in [-0.4, -0.2) is 43.7 Å². The van der Waals surface area contributed by atoms with Crippen molar-refractivity contribution in [2.75, 3.05) is 32.7 Å². The van der Waals surface area contributed by atoms with Crippen molar-refractivity contribution >= 4 is 17.4 Å². The third-order valence-electron chi connectivity index (χ3n) is 6.03. The van der Waals surface area contributed by atoms with Crippen molar-refractivity contribution in [3.05, 3.63) is 65.2 Å². The largest absolute Gasteiger partial charge is 0.493 e. The molecule has 0 N–H and O–H groups in total. The second kappa shape index (κ2) is 10.5. The van der Waals surface area contributed by atoms with Gasteiger partial charge >= 0.3 is 5.97 Å². The van der Waals surface area contributed by atoms with Crippen molar-refractivity contribution in [3.8, 4) is 17.2 Å². The summed E-state index contributed by atoms with van der Waals surface area (Å²) in [5, 5.41) is 0. The van der Waals surface area contributed by atoms with Crippen LogP contribution in [0, 0.1) is 6.92 Å². The van der Waals surface area contributed by atoms with Gasteiger partial charge in [-0.3, -0.25) is 4.79 Å². The van der Waals surface area contributed by atoms with Gasteiger partial charge in [0.05, 0.1) is 25.0 Å². The lowest BCUT2D eigenvalue weighted by Crippen LogP contribution is -2.10. The van der Waals surface area contributed by atoms with E-state index < -0.39 is 0 Å². The molecule has 0 radical (unpaired) electrons. The minimum atomic E-state index is -0.188. The number of esters is 1. The van der Waals surface area contributed by atoms with Gasteiger partial charge in [-0.25, -0.2) is 9.97 Å². The van der Waals surface area contributed by atoms with E-state index >= 15 is 0 Å². The van der Waals surface area contributed by atoms with Gasteiger partial charge in [-0.15, -0.1) is 0 Å². The number of carbonyl (C=O) groups excluding carboxylic acids is 1. The lowest BCUT2D eigenvalue weighted by Gasteiger charge is -2.21. The normalized spacial score (nSPS) is 12.6. The van der Waals surface area contributed by atoms with Crippen LogP contribution in [0.5, 0.6) is 5.75 Å². The fraction of sp³-hybridized carbons (Fsp3) is 0.370. The van der Waals surface area contributed by atoms with Crippen molar-refractivity contribution in [2.24, 2.45) is 0 Å². The van der Waals surface area contributed by atoms with Gasteiger partial charge in [0, 0.05) is 38.7 Å². The van der Waals surface area contributed by atoms with Gasteiger partial charge in [0.1, 0.15) is 17.3 Å². The van der Waals surface area contributed by atoms with Crippen LogP contribution >= 0.6 is 0 Å². The molecular formula is C27H31N3O4. The van der Waals surface area contributed by atoms with E-state index in [4.69, 9.17) is 13.9 Å². The zero-order valence-electron chi connectivity index (χ0n) is 20.3. The smallest absolute Gasteiger partial charge is 0.305 e. The average Bonchev–Trinajstić information content (AvgIpc) is 3.23. The van der Waals surface area contributed by atoms with E-state index in [2.05, 4.69) is 22.1 Å². The number of anilines is 1. The number of carbonyl (C=O) groups is 1. The molecule has 0 aliphatic heterocycles. The van der Waals surface area contributed by atoms with Gasteiger partial charge < -0.3 is 18.8 Å². The summed E-state index contributed by atoms with van der Waals surface area (Å²) in [5.41, 5.74) is 5.29. The highest BCUT2D eigenvalue weighted by Crippen LogP contribution is 2.35. The number of fused-ring (bicyclic) bond motifs is 1. The number of hydrogen-bond donors (Lipinski definition) is 0. The van der Waals surface area contributed by atoms with E-state index in [1.807, 2.05) is 50.2 Å². The molecule has 1 aliphatic rings. The second-order valence-corrected chi connectivity index (χ2v) is 8.55. The molecule has 178 valence electrons. The maximum Gasteiger partial charge on any atom is 0.305 e. The molecule has 0 atom stereocenters. The maximum atomic E-state index is 11.6. The average molecular weight is 462 g/mol. The molecule has 3 aromatic rings. The van der Waals surface area contributed by atoms with Gasteiger partial charge in [-0.1, -0.05) is 18.2 Å². The van der Waals surface area contributed by atoms with Crippen molar-refractivity contribution in [3.63, 3.8) is 0 Å². The van der Waals surface area contributed by atoms with E-state index in [0.717, 1.165) is 41.4 Å². The molecule has 7 nitrogen and oxygen atoms in total. The number of nitrogens with zero attached hydrogens (tertiary/aromatic N) is 3. The first-order valence-corrected chi connectivity index (χ1v) is 11.6. The third-order valence-corrected chi connectivity index (χ3v) is 6.03. The van der Waals surface area contributed by atoms with Crippen LogP contribution in [0.15, 0.2) is 47.0 Å². The molecule has 1 aliphatic carbocycles. The summed E-state index contributed by atoms with van der Waals surface area (Å²) in [4.78, 5) is 22.7. The third kappa shape index (κ3) is 5.30. The molecule has 0 saturated heterocycles. The van der Waals surface area contributed by atoms with Gasteiger partial charge in [0.2, 0.25) is 5.89 Å². The molecule has 0 unspecified atom stereocenters. The molecule has 0 bridgehead atoms. The van der Waals surface area contributed by atoms with Crippen LogP contribution in [0.25, 0.3) is 17.0 Å². The lowest BCUT2D eigenvalue weighted by atomic mass is 9.88. The van der Waals surface area contributed by atoms with E-state index in [0.29, 0.717) is 31.8 Å². The SMILES string of the molecule is COC(=O)CCC1=CCCc2c(OCCc3nc(-c4ccc(N(C)C)nc4)oc3C)cccc21. The number of pyridine rings is 1. The van der Waals surface area contributed by atoms with E-state index in [9.17, 15) is 4.79 Å². The summed E-state index contributed by atoms with van der Waals surface area (Å²) < 4.78 is 16.9. The summed E-state index contributed by atoms with van der Waals surface area (Å²) in [7, 11) is 5.34. The number of allylic oxidation sites excluding steroid dienone is 2. The number of methoxy groups -OCH3 is 1. The summed E-state index contributed by atoms with van der Waals surface area (Å²) >= 11 is 0. The fourth-order valence-corrected chi connectivity index (χ4v) is 4.15. The second-order valence-electron chi connectivity index (χ2n) is 8.55. The quantitative estimate of drug-likeness (QED) is 0.414. The van der Waals surface area contributed by atoms with E-state index in [-0.39, 0.29) is 5.97 Å². The summed E-state index contributed by atoms with van der Waals surface area (Å²) in [6, 6.07) is 10.0. The molecule has 4 rings (SSSR count). The number of benzene rings is 1. The van der Waals surface area contributed by atoms with E-state index in [1.54, 1.807) is 6.20 Å². The molecular weight excluding hydrogens is 430 g/mol. The molecule has 7 heteroatoms. The molecule has 2 heterocycles.